The van der Waals surface area contributed by atoms with Gasteiger partial charge in [-0.2, -0.15) is 0 Å². The van der Waals surface area contributed by atoms with Crippen molar-refractivity contribution in [3.05, 3.63) is 0 Å². The quantitative estimate of drug-likeness (QED) is 0.412. The number of hydrogen-bond donors (Lipinski definition) is 0. The van der Waals surface area contributed by atoms with Crippen LogP contribution in [0.2, 0.25) is 0 Å². The van der Waals surface area contributed by atoms with Crippen LogP contribution in [0, 0.1) is 24.2 Å². The molecular weight excluding hydrogens is 120 g/mol. The van der Waals surface area contributed by atoms with Gasteiger partial charge in [-0.3, -0.25) is 0 Å². The number of terminal acetylenes is 1. The van der Waals surface area contributed by atoms with E-state index in [0.717, 1.165) is 18.3 Å². The molecule has 0 saturated heterocycles. The summed E-state index contributed by atoms with van der Waals surface area (Å²) >= 11 is 0. The molecule has 0 N–H and O–H groups in total. The molecule has 1 saturated carbocycles. The van der Waals surface area contributed by atoms with E-state index in [4.69, 9.17) is 6.42 Å². The maximum atomic E-state index is 5.16. The molecule has 1 atom stereocenters. The van der Waals surface area contributed by atoms with Gasteiger partial charge in [0.1, 0.15) is 0 Å². The predicted molar refractivity (Wildman–Crippen MR) is 44.6 cm³/mol. The van der Waals surface area contributed by atoms with Crippen LogP contribution in [0.15, 0.2) is 0 Å². The maximum Gasteiger partial charge on any atom is 0.00861 e. The number of hydrogen-bond acceptors (Lipinski definition) is 0. The fraction of sp³-hybridized carbons (Fsp3) is 0.800. The van der Waals surface area contributed by atoms with Crippen molar-refractivity contribution >= 4 is 0 Å². The molecule has 10 heavy (non-hydrogen) atoms. The predicted octanol–water partition coefficient (Wildman–Crippen LogP) is 2.84. The van der Waals surface area contributed by atoms with Crippen LogP contribution in [0.4, 0.5) is 0 Å². The highest BCUT2D eigenvalue weighted by Gasteiger charge is 2.26. The first-order valence-corrected chi connectivity index (χ1v) is 4.28. The van der Waals surface area contributed by atoms with Gasteiger partial charge in [-0.15, -0.1) is 12.3 Å². The summed E-state index contributed by atoms with van der Waals surface area (Å²) in [6.07, 6.45) is 11.6. The summed E-state index contributed by atoms with van der Waals surface area (Å²) in [5, 5.41) is 0. The van der Waals surface area contributed by atoms with Crippen LogP contribution in [0.3, 0.4) is 0 Å². The van der Waals surface area contributed by atoms with Crippen LogP contribution in [-0.4, -0.2) is 0 Å². The first-order chi connectivity index (χ1) is 4.84. The second kappa shape index (κ2) is 3.66. The lowest BCUT2D eigenvalue weighted by molar-refractivity contribution is 0.457. The Kier molecular flexibility index (Phi) is 2.81. The van der Waals surface area contributed by atoms with Gasteiger partial charge in [0.15, 0.2) is 0 Å². The molecule has 56 valence electrons. The smallest absolute Gasteiger partial charge is 0.00861 e. The molecule has 0 aromatic heterocycles. The second-order valence-corrected chi connectivity index (χ2v) is 3.41. The normalized spacial score (nSPS) is 20.0. The van der Waals surface area contributed by atoms with Crippen molar-refractivity contribution in [2.45, 2.75) is 39.0 Å². The van der Waals surface area contributed by atoms with Gasteiger partial charge in [-0.1, -0.05) is 6.92 Å². The van der Waals surface area contributed by atoms with E-state index in [2.05, 4.69) is 12.8 Å². The summed E-state index contributed by atoms with van der Waals surface area (Å²) in [5.41, 5.74) is 0. The highest BCUT2D eigenvalue weighted by Crippen LogP contribution is 2.38. The van der Waals surface area contributed by atoms with E-state index >= 15 is 0 Å². The van der Waals surface area contributed by atoms with E-state index in [1.165, 1.54) is 25.7 Å². The Balaban J connectivity index is 1.96. The molecule has 0 aromatic rings. The van der Waals surface area contributed by atoms with Gasteiger partial charge in [0.2, 0.25) is 0 Å². The van der Waals surface area contributed by atoms with E-state index < -0.39 is 0 Å². The van der Waals surface area contributed by atoms with Crippen LogP contribution in [0.1, 0.15) is 39.0 Å². The fourth-order valence-corrected chi connectivity index (χ4v) is 1.43. The van der Waals surface area contributed by atoms with E-state index in [9.17, 15) is 0 Å². The number of rotatable bonds is 4. The molecule has 0 nitrogen and oxygen atoms in total. The van der Waals surface area contributed by atoms with Crippen molar-refractivity contribution in [2.24, 2.45) is 11.8 Å². The Morgan fingerprint density at radius 3 is 2.80 bits per heavy atom. The average molecular weight is 136 g/mol. The van der Waals surface area contributed by atoms with Gasteiger partial charge in [-0.05, 0) is 37.5 Å². The van der Waals surface area contributed by atoms with E-state index in [1.807, 2.05) is 0 Å². The third kappa shape index (κ3) is 2.43. The third-order valence-electron chi connectivity index (χ3n) is 2.41. The molecule has 1 aliphatic rings. The van der Waals surface area contributed by atoms with Crippen molar-refractivity contribution in [1.29, 1.82) is 0 Å². The Morgan fingerprint density at radius 1 is 1.60 bits per heavy atom. The molecule has 0 aliphatic heterocycles. The van der Waals surface area contributed by atoms with Gasteiger partial charge in [-0.25, -0.2) is 0 Å². The Hall–Kier alpha value is -0.440. The Bertz CT molecular complexity index is 125. The fourth-order valence-electron chi connectivity index (χ4n) is 1.43. The molecule has 0 amide bonds. The monoisotopic (exact) mass is 136 g/mol. The van der Waals surface area contributed by atoms with Gasteiger partial charge in [0, 0.05) is 6.42 Å². The summed E-state index contributed by atoms with van der Waals surface area (Å²) in [7, 11) is 0. The van der Waals surface area contributed by atoms with E-state index in [0.29, 0.717) is 0 Å². The largest absolute Gasteiger partial charge is 0.120 e. The van der Waals surface area contributed by atoms with Gasteiger partial charge in [0.05, 0.1) is 0 Å². The van der Waals surface area contributed by atoms with Crippen molar-refractivity contribution in [2.75, 3.05) is 0 Å². The molecule has 0 spiro atoms. The molecule has 0 aromatic carbocycles. The van der Waals surface area contributed by atoms with Crippen molar-refractivity contribution < 1.29 is 0 Å². The number of unbranched alkanes of at least 4 members (excludes halogenated alkanes) is 1. The highest BCUT2D eigenvalue weighted by molar-refractivity contribution is 4.84. The minimum atomic E-state index is 0.938. The Labute approximate surface area is 64.0 Å². The van der Waals surface area contributed by atoms with Gasteiger partial charge in [0.25, 0.3) is 0 Å². The minimum absolute atomic E-state index is 0.938. The third-order valence-corrected chi connectivity index (χ3v) is 2.41. The van der Waals surface area contributed by atoms with Gasteiger partial charge >= 0.3 is 0 Å². The molecule has 1 fully saturated rings. The summed E-state index contributed by atoms with van der Waals surface area (Å²) in [6.45, 7) is 2.36. The SMILES string of the molecule is C#CCCCC(C)C1CC1. The first-order valence-electron chi connectivity index (χ1n) is 4.28. The first kappa shape index (κ1) is 7.66. The van der Waals surface area contributed by atoms with Crippen molar-refractivity contribution in [3.63, 3.8) is 0 Å². The zero-order valence-corrected chi connectivity index (χ0v) is 6.77. The standard InChI is InChI=1S/C10H16/c1-3-4-5-6-9(2)10-7-8-10/h1,9-10H,4-8H2,2H3. The highest BCUT2D eigenvalue weighted by atomic mass is 14.3. The molecule has 1 aliphatic carbocycles. The summed E-state index contributed by atoms with van der Waals surface area (Å²) in [5.74, 6) is 4.67. The molecule has 1 rings (SSSR count). The average Bonchev–Trinajstić information content (AvgIpc) is 2.69. The molecule has 1 unspecified atom stereocenters. The molecule has 0 heteroatoms. The summed E-state index contributed by atoms with van der Waals surface area (Å²) in [6, 6.07) is 0. The van der Waals surface area contributed by atoms with Crippen LogP contribution in [0.25, 0.3) is 0 Å². The lowest BCUT2D eigenvalue weighted by Crippen LogP contribution is -1.95. The molecule has 0 heterocycles. The molecule has 0 bridgehead atoms. The second-order valence-electron chi connectivity index (χ2n) is 3.41. The topological polar surface area (TPSA) is 0 Å². The molecule has 0 radical (unpaired) electrons. The van der Waals surface area contributed by atoms with Gasteiger partial charge < -0.3 is 0 Å². The van der Waals surface area contributed by atoms with Crippen LogP contribution in [0.5, 0.6) is 0 Å². The lowest BCUT2D eigenvalue weighted by Gasteiger charge is -2.06. The van der Waals surface area contributed by atoms with Crippen LogP contribution >= 0.6 is 0 Å². The lowest BCUT2D eigenvalue weighted by atomic mass is 9.99. The molecular formula is C10H16. The maximum absolute atomic E-state index is 5.16. The minimum Gasteiger partial charge on any atom is -0.120 e. The zero-order valence-electron chi connectivity index (χ0n) is 6.77. The van der Waals surface area contributed by atoms with Crippen LogP contribution < -0.4 is 0 Å². The van der Waals surface area contributed by atoms with E-state index in [1.54, 1.807) is 0 Å². The summed E-state index contributed by atoms with van der Waals surface area (Å²) < 4.78 is 0. The Morgan fingerprint density at radius 2 is 2.30 bits per heavy atom. The van der Waals surface area contributed by atoms with Crippen LogP contribution in [-0.2, 0) is 0 Å². The van der Waals surface area contributed by atoms with Crippen molar-refractivity contribution in [1.82, 2.24) is 0 Å². The summed E-state index contributed by atoms with van der Waals surface area (Å²) in [4.78, 5) is 0. The zero-order chi connectivity index (χ0) is 7.40. The van der Waals surface area contributed by atoms with E-state index in [-0.39, 0.29) is 0 Å². The van der Waals surface area contributed by atoms with Crippen molar-refractivity contribution in [3.8, 4) is 12.3 Å².